The Morgan fingerprint density at radius 1 is 1.19 bits per heavy atom. The molecule has 1 fully saturated rings. The van der Waals surface area contributed by atoms with Gasteiger partial charge in [0.15, 0.2) is 0 Å². The summed E-state index contributed by atoms with van der Waals surface area (Å²) in [6, 6.07) is 6.88. The van der Waals surface area contributed by atoms with Crippen molar-refractivity contribution in [3.63, 3.8) is 0 Å². The van der Waals surface area contributed by atoms with E-state index in [-0.39, 0.29) is 11.8 Å². The van der Waals surface area contributed by atoms with Crippen molar-refractivity contribution >= 4 is 58.1 Å². The molecule has 2 aliphatic rings. The van der Waals surface area contributed by atoms with Crippen molar-refractivity contribution in [1.82, 2.24) is 10.6 Å². The van der Waals surface area contributed by atoms with Crippen LogP contribution in [0.25, 0.3) is 0 Å². The summed E-state index contributed by atoms with van der Waals surface area (Å²) in [5.41, 5.74) is 2.55. The van der Waals surface area contributed by atoms with E-state index < -0.39 is 16.1 Å². The minimum absolute atomic E-state index is 0.250. The van der Waals surface area contributed by atoms with Crippen LogP contribution in [0, 0.1) is 5.92 Å². The van der Waals surface area contributed by atoms with Gasteiger partial charge in [0.05, 0.1) is 11.4 Å². The number of aliphatic imine (C=N–C) groups is 1. The molecule has 0 saturated heterocycles. The summed E-state index contributed by atoms with van der Waals surface area (Å²) in [5, 5.41) is 4.66. The zero-order chi connectivity index (χ0) is 19.6. The highest BCUT2D eigenvalue weighted by molar-refractivity contribution is 6.67. The number of nitrogens with one attached hydrogen (secondary N) is 2. The molecule has 1 saturated carbocycles. The molecular formula is C18H21Cl3N4O2. The minimum Gasteiger partial charge on any atom is -0.311 e. The lowest BCUT2D eigenvalue weighted by atomic mass is 9.83. The van der Waals surface area contributed by atoms with E-state index in [0.717, 1.165) is 42.6 Å². The maximum atomic E-state index is 12.9. The number of hydrogen-bond donors (Lipinski definition) is 2. The summed E-state index contributed by atoms with van der Waals surface area (Å²) in [5.74, 6) is -0.104. The number of rotatable bonds is 2. The van der Waals surface area contributed by atoms with E-state index in [4.69, 9.17) is 34.8 Å². The third-order valence-corrected chi connectivity index (χ3v) is 5.17. The predicted molar refractivity (Wildman–Crippen MR) is 109 cm³/mol. The molecule has 27 heavy (non-hydrogen) atoms. The first-order chi connectivity index (χ1) is 12.8. The maximum absolute atomic E-state index is 12.9. The van der Waals surface area contributed by atoms with Crippen LogP contribution >= 0.6 is 34.8 Å². The molecule has 9 heteroatoms. The largest absolute Gasteiger partial charge is 0.320 e. The van der Waals surface area contributed by atoms with Gasteiger partial charge in [-0.15, -0.1) is 0 Å². The Kier molecular flexibility index (Phi) is 6.18. The Morgan fingerprint density at radius 3 is 2.52 bits per heavy atom. The molecule has 1 unspecified atom stereocenters. The second-order valence-electron chi connectivity index (χ2n) is 6.76. The van der Waals surface area contributed by atoms with Crippen molar-refractivity contribution < 1.29 is 9.59 Å². The number of hydrogen-bond acceptors (Lipinski definition) is 3. The quantitative estimate of drug-likeness (QED) is 0.549. The Labute approximate surface area is 173 Å². The van der Waals surface area contributed by atoms with Crippen LogP contribution in [0.4, 0.5) is 10.5 Å². The van der Waals surface area contributed by atoms with Gasteiger partial charge < -0.3 is 10.2 Å². The number of anilines is 1. The van der Waals surface area contributed by atoms with Gasteiger partial charge in [0.25, 0.3) is 9.82 Å². The lowest BCUT2D eigenvalue weighted by molar-refractivity contribution is -0.119. The number of likely N-dealkylation sites (N-methyl/N-ethyl adjacent to an activating group) is 1. The minimum atomic E-state index is -1.97. The molecule has 1 aliphatic carbocycles. The van der Waals surface area contributed by atoms with Crippen molar-refractivity contribution in [2.45, 2.75) is 42.2 Å². The molecule has 1 aliphatic heterocycles. The molecule has 0 bridgehead atoms. The molecule has 0 spiro atoms. The van der Waals surface area contributed by atoms with Crippen molar-refractivity contribution in [2.24, 2.45) is 10.9 Å². The zero-order valence-electron chi connectivity index (χ0n) is 14.8. The van der Waals surface area contributed by atoms with Gasteiger partial charge in [0, 0.05) is 18.5 Å². The Balaban J connectivity index is 1.96. The number of benzene rings is 1. The summed E-state index contributed by atoms with van der Waals surface area (Å²) in [7, 11) is 1.67. The lowest BCUT2D eigenvalue weighted by Gasteiger charge is -2.25. The molecule has 1 atom stereocenters. The number of carbonyl (C=O) groups is 2. The van der Waals surface area contributed by atoms with E-state index >= 15 is 0 Å². The standard InChI is InChI=1S/C18H21Cl3N4O2/c1-25-13-10-6-5-9-12(13)14(11-7-3-2-4-8-11)22-15(16(25)26)23-17(27)24-18(19,20)21/h5-6,9-11,15H,2-4,7-8H2,1H3,(H2,23,24,27). The number of nitrogens with zero attached hydrogens (tertiary/aromatic N) is 2. The van der Waals surface area contributed by atoms with Crippen LogP contribution in [0.1, 0.15) is 37.7 Å². The van der Waals surface area contributed by atoms with Crippen LogP contribution < -0.4 is 15.5 Å². The molecule has 0 radical (unpaired) electrons. The van der Waals surface area contributed by atoms with Crippen LogP contribution in [0.5, 0.6) is 0 Å². The fourth-order valence-electron chi connectivity index (χ4n) is 3.63. The molecule has 1 aromatic rings. The van der Waals surface area contributed by atoms with Gasteiger partial charge in [0.1, 0.15) is 0 Å². The highest BCUT2D eigenvalue weighted by Gasteiger charge is 2.34. The first kappa shape index (κ1) is 20.2. The number of carbonyl (C=O) groups excluding carboxylic acids is 2. The molecule has 6 nitrogen and oxygen atoms in total. The molecule has 1 heterocycles. The first-order valence-corrected chi connectivity index (χ1v) is 10.00. The molecule has 3 amide bonds. The fourth-order valence-corrected chi connectivity index (χ4v) is 3.89. The van der Waals surface area contributed by atoms with Crippen LogP contribution in [0.2, 0.25) is 0 Å². The molecule has 146 valence electrons. The van der Waals surface area contributed by atoms with Crippen molar-refractivity contribution in [1.29, 1.82) is 0 Å². The van der Waals surface area contributed by atoms with Crippen LogP contribution in [-0.4, -0.2) is 34.8 Å². The summed E-state index contributed by atoms with van der Waals surface area (Å²) < 4.78 is -1.97. The molecule has 1 aromatic carbocycles. The highest BCUT2D eigenvalue weighted by atomic mass is 35.6. The SMILES string of the molecule is CN1C(=O)C(NC(=O)NC(Cl)(Cl)Cl)N=C(C2CCCCC2)c2ccccc21. The predicted octanol–water partition coefficient (Wildman–Crippen LogP) is 3.99. The van der Waals surface area contributed by atoms with Crippen molar-refractivity contribution in [3.8, 4) is 0 Å². The van der Waals surface area contributed by atoms with Crippen molar-refractivity contribution in [3.05, 3.63) is 29.8 Å². The molecule has 0 aromatic heterocycles. The summed E-state index contributed by atoms with van der Waals surface area (Å²) in [6.45, 7) is 0. The maximum Gasteiger partial charge on any atom is 0.320 e. The number of benzodiazepines with no additional fused rings is 1. The van der Waals surface area contributed by atoms with Gasteiger partial charge in [-0.2, -0.15) is 0 Å². The van der Waals surface area contributed by atoms with Gasteiger partial charge in [-0.3, -0.25) is 15.1 Å². The number of alkyl halides is 3. The smallest absolute Gasteiger partial charge is 0.311 e. The highest BCUT2D eigenvalue weighted by Crippen LogP contribution is 2.33. The third kappa shape index (κ3) is 4.86. The van der Waals surface area contributed by atoms with E-state index in [1.54, 1.807) is 7.05 Å². The molecular weight excluding hydrogens is 411 g/mol. The normalized spacial score (nSPS) is 21.2. The van der Waals surface area contributed by atoms with E-state index in [0.29, 0.717) is 0 Å². The van der Waals surface area contributed by atoms with E-state index in [1.165, 1.54) is 11.3 Å². The topological polar surface area (TPSA) is 73.8 Å². The van der Waals surface area contributed by atoms with Gasteiger partial charge in [-0.1, -0.05) is 72.3 Å². The van der Waals surface area contributed by atoms with Crippen LogP contribution in [0.15, 0.2) is 29.3 Å². The van der Waals surface area contributed by atoms with Crippen LogP contribution in [-0.2, 0) is 4.79 Å². The monoisotopic (exact) mass is 430 g/mol. The first-order valence-electron chi connectivity index (χ1n) is 8.86. The number of amides is 3. The van der Waals surface area contributed by atoms with Gasteiger partial charge in [-0.05, 0) is 18.9 Å². The van der Waals surface area contributed by atoms with E-state index in [9.17, 15) is 9.59 Å². The summed E-state index contributed by atoms with van der Waals surface area (Å²) in [4.78, 5) is 31.2. The molecule has 2 N–H and O–H groups in total. The second-order valence-corrected chi connectivity index (χ2v) is 9.04. The van der Waals surface area contributed by atoms with Gasteiger partial charge >= 0.3 is 6.03 Å². The third-order valence-electron chi connectivity index (χ3n) is 4.89. The summed E-state index contributed by atoms with van der Waals surface area (Å²) >= 11 is 16.8. The Morgan fingerprint density at radius 2 is 1.85 bits per heavy atom. The van der Waals surface area contributed by atoms with E-state index in [1.807, 2.05) is 24.3 Å². The number of urea groups is 1. The number of para-hydroxylation sites is 1. The Hall–Kier alpha value is -1.50. The van der Waals surface area contributed by atoms with E-state index in [2.05, 4.69) is 15.6 Å². The lowest BCUT2D eigenvalue weighted by Crippen LogP contribution is -2.51. The second kappa shape index (κ2) is 8.25. The average Bonchev–Trinajstić information content (AvgIpc) is 2.72. The van der Waals surface area contributed by atoms with Gasteiger partial charge in [0.2, 0.25) is 6.17 Å². The summed E-state index contributed by atoms with van der Waals surface area (Å²) in [6.07, 6.45) is 4.39. The van der Waals surface area contributed by atoms with Gasteiger partial charge in [-0.25, -0.2) is 4.79 Å². The fraction of sp³-hybridized carbons (Fsp3) is 0.500. The number of fused-ring (bicyclic) bond motifs is 1. The zero-order valence-corrected chi connectivity index (χ0v) is 17.1. The van der Waals surface area contributed by atoms with Crippen LogP contribution in [0.3, 0.4) is 0 Å². The van der Waals surface area contributed by atoms with Crippen molar-refractivity contribution in [2.75, 3.05) is 11.9 Å². The Bertz CT molecular complexity index is 757. The molecule has 3 rings (SSSR count). The number of halogens is 3. The average molecular weight is 432 g/mol.